The second-order valence-electron chi connectivity index (χ2n) is 3.66. The fourth-order valence-corrected chi connectivity index (χ4v) is 2.26. The van der Waals surface area contributed by atoms with Crippen LogP contribution < -0.4 is 11.1 Å². The Balaban J connectivity index is 2.32. The molecule has 2 aromatic rings. The van der Waals surface area contributed by atoms with Gasteiger partial charge in [0.2, 0.25) is 0 Å². The molecule has 0 aliphatic rings. The van der Waals surface area contributed by atoms with Crippen LogP contribution in [0.4, 0.5) is 17.1 Å². The lowest BCUT2D eigenvalue weighted by molar-refractivity contribution is 1.47. The van der Waals surface area contributed by atoms with Gasteiger partial charge in [-0.25, -0.2) is 0 Å². The van der Waals surface area contributed by atoms with Gasteiger partial charge in [-0.2, -0.15) is 5.26 Å². The van der Waals surface area contributed by atoms with Crippen molar-refractivity contribution >= 4 is 44.6 Å². The monoisotopic (exact) mass is 321 g/mol. The predicted molar refractivity (Wildman–Crippen MR) is 78.0 cm³/mol. The molecule has 0 radical (unpaired) electrons. The molecule has 0 aliphatic heterocycles. The normalized spacial score (nSPS) is 9.83. The van der Waals surface area contributed by atoms with Crippen LogP contribution in [-0.2, 0) is 0 Å². The van der Waals surface area contributed by atoms with E-state index in [2.05, 4.69) is 21.2 Å². The van der Waals surface area contributed by atoms with E-state index in [9.17, 15) is 0 Å². The molecular formula is C13H9BrClN3. The maximum atomic E-state index is 8.77. The third-order valence-electron chi connectivity index (χ3n) is 2.38. The highest BCUT2D eigenvalue weighted by molar-refractivity contribution is 9.10. The maximum Gasteiger partial charge on any atom is 0.0992 e. The van der Waals surface area contributed by atoms with Crippen molar-refractivity contribution in [2.75, 3.05) is 11.1 Å². The van der Waals surface area contributed by atoms with Crippen molar-refractivity contribution in [1.82, 2.24) is 0 Å². The molecule has 18 heavy (non-hydrogen) atoms. The Morgan fingerprint density at radius 2 is 1.89 bits per heavy atom. The van der Waals surface area contributed by atoms with E-state index in [4.69, 9.17) is 22.6 Å². The molecule has 3 nitrogen and oxygen atoms in total. The second-order valence-corrected chi connectivity index (χ2v) is 4.95. The fraction of sp³-hybridized carbons (Fsp3) is 0. The Labute approximate surface area is 118 Å². The van der Waals surface area contributed by atoms with Crippen LogP contribution in [-0.4, -0.2) is 0 Å². The number of nitrogens with two attached hydrogens (primary N) is 1. The number of hydrogen-bond donors (Lipinski definition) is 2. The van der Waals surface area contributed by atoms with Crippen molar-refractivity contribution in [1.29, 1.82) is 5.26 Å². The first-order valence-corrected chi connectivity index (χ1v) is 6.29. The summed E-state index contributed by atoms with van der Waals surface area (Å²) in [5.41, 5.74) is 8.53. The first-order chi connectivity index (χ1) is 8.60. The topological polar surface area (TPSA) is 61.8 Å². The van der Waals surface area contributed by atoms with E-state index in [0.29, 0.717) is 16.3 Å². The van der Waals surface area contributed by atoms with Gasteiger partial charge in [0, 0.05) is 9.50 Å². The van der Waals surface area contributed by atoms with Crippen LogP contribution in [0.25, 0.3) is 0 Å². The second kappa shape index (κ2) is 5.30. The van der Waals surface area contributed by atoms with E-state index in [0.717, 1.165) is 15.8 Å². The minimum absolute atomic E-state index is 0.524. The van der Waals surface area contributed by atoms with Gasteiger partial charge in [-0.3, -0.25) is 0 Å². The number of hydrogen-bond acceptors (Lipinski definition) is 3. The third kappa shape index (κ3) is 2.76. The number of nitrogens with one attached hydrogen (secondary N) is 1. The molecule has 0 aliphatic carbocycles. The van der Waals surface area contributed by atoms with Gasteiger partial charge in [0.15, 0.2) is 0 Å². The zero-order chi connectivity index (χ0) is 13.1. The largest absolute Gasteiger partial charge is 0.397 e. The highest BCUT2D eigenvalue weighted by atomic mass is 79.9. The van der Waals surface area contributed by atoms with E-state index in [1.54, 1.807) is 30.3 Å². The summed E-state index contributed by atoms with van der Waals surface area (Å²) in [6, 6.07) is 12.6. The molecule has 0 unspecified atom stereocenters. The van der Waals surface area contributed by atoms with E-state index >= 15 is 0 Å². The minimum atomic E-state index is 0.524. The van der Waals surface area contributed by atoms with Crippen molar-refractivity contribution in [2.24, 2.45) is 0 Å². The number of halogens is 2. The number of anilines is 3. The summed E-state index contributed by atoms with van der Waals surface area (Å²) in [4.78, 5) is 0. The molecule has 0 aromatic heterocycles. The lowest BCUT2D eigenvalue weighted by atomic mass is 10.2. The van der Waals surface area contributed by atoms with E-state index in [1.165, 1.54) is 0 Å². The van der Waals surface area contributed by atoms with Gasteiger partial charge < -0.3 is 11.1 Å². The van der Waals surface area contributed by atoms with Gasteiger partial charge in [0.25, 0.3) is 0 Å². The van der Waals surface area contributed by atoms with Gasteiger partial charge in [-0.1, -0.05) is 11.6 Å². The number of rotatable bonds is 2. The van der Waals surface area contributed by atoms with Gasteiger partial charge in [-0.15, -0.1) is 0 Å². The third-order valence-corrected chi connectivity index (χ3v) is 3.27. The Morgan fingerprint density at radius 3 is 2.50 bits per heavy atom. The highest BCUT2D eigenvalue weighted by Gasteiger charge is 2.04. The lowest BCUT2D eigenvalue weighted by Gasteiger charge is -2.11. The summed E-state index contributed by atoms with van der Waals surface area (Å²) in [6.45, 7) is 0. The molecule has 0 spiro atoms. The summed E-state index contributed by atoms with van der Waals surface area (Å²) >= 11 is 9.29. The van der Waals surface area contributed by atoms with Gasteiger partial charge in [0.1, 0.15) is 0 Å². The number of nitrogen functional groups attached to an aromatic ring is 1. The van der Waals surface area contributed by atoms with E-state index < -0.39 is 0 Å². The molecule has 2 aromatic carbocycles. The number of nitrogens with zero attached hydrogens (tertiary/aromatic N) is 1. The molecule has 0 bridgehead atoms. The summed E-state index contributed by atoms with van der Waals surface area (Å²) < 4.78 is 0.846. The van der Waals surface area contributed by atoms with Crippen LogP contribution in [0.15, 0.2) is 40.9 Å². The summed E-state index contributed by atoms with van der Waals surface area (Å²) in [5, 5.41) is 12.6. The molecule has 2 rings (SSSR count). The van der Waals surface area contributed by atoms with Crippen LogP contribution in [0.1, 0.15) is 5.56 Å². The number of benzene rings is 2. The predicted octanol–water partition coefficient (Wildman–Crippen LogP) is 4.30. The smallest absolute Gasteiger partial charge is 0.0992 e. The van der Waals surface area contributed by atoms with Crippen molar-refractivity contribution in [3.05, 3.63) is 51.5 Å². The standard InChI is InChI=1S/C13H9BrClN3/c14-10-6-9(15)2-4-12(10)18-13-3-1-8(7-16)5-11(13)17/h1-6,18H,17H2. The highest BCUT2D eigenvalue weighted by Crippen LogP contribution is 2.31. The van der Waals surface area contributed by atoms with Crippen molar-refractivity contribution in [3.8, 4) is 6.07 Å². The first kappa shape index (κ1) is 12.7. The molecule has 0 fully saturated rings. The zero-order valence-electron chi connectivity index (χ0n) is 9.24. The molecule has 3 N–H and O–H groups in total. The lowest BCUT2D eigenvalue weighted by Crippen LogP contribution is -1.97. The summed E-state index contributed by atoms with van der Waals surface area (Å²) in [5.74, 6) is 0. The van der Waals surface area contributed by atoms with Crippen molar-refractivity contribution in [2.45, 2.75) is 0 Å². The van der Waals surface area contributed by atoms with E-state index in [1.807, 2.05) is 12.1 Å². The van der Waals surface area contributed by atoms with Gasteiger partial charge >= 0.3 is 0 Å². The number of nitriles is 1. The van der Waals surface area contributed by atoms with E-state index in [-0.39, 0.29) is 0 Å². The van der Waals surface area contributed by atoms with Gasteiger partial charge in [-0.05, 0) is 52.3 Å². The minimum Gasteiger partial charge on any atom is -0.397 e. The zero-order valence-corrected chi connectivity index (χ0v) is 11.6. The Bertz CT molecular complexity index is 635. The Morgan fingerprint density at radius 1 is 1.17 bits per heavy atom. The van der Waals surface area contributed by atoms with Gasteiger partial charge in [0.05, 0.1) is 28.7 Å². The molecule has 0 atom stereocenters. The summed E-state index contributed by atoms with van der Waals surface area (Å²) in [6.07, 6.45) is 0. The molecule has 5 heteroatoms. The van der Waals surface area contributed by atoms with Crippen molar-refractivity contribution in [3.63, 3.8) is 0 Å². The molecule has 0 heterocycles. The molecule has 0 amide bonds. The van der Waals surface area contributed by atoms with Crippen LogP contribution in [0.5, 0.6) is 0 Å². The molecule has 90 valence electrons. The summed E-state index contributed by atoms with van der Waals surface area (Å²) in [7, 11) is 0. The SMILES string of the molecule is N#Cc1ccc(Nc2ccc(Cl)cc2Br)c(N)c1. The quantitative estimate of drug-likeness (QED) is 0.810. The average Bonchev–Trinajstić information content (AvgIpc) is 2.34. The van der Waals surface area contributed by atoms with Crippen LogP contribution >= 0.6 is 27.5 Å². The molecule has 0 saturated heterocycles. The van der Waals surface area contributed by atoms with Crippen LogP contribution in [0, 0.1) is 11.3 Å². The molecule has 0 saturated carbocycles. The van der Waals surface area contributed by atoms with Crippen LogP contribution in [0.3, 0.4) is 0 Å². The van der Waals surface area contributed by atoms with Crippen molar-refractivity contribution < 1.29 is 0 Å². The fourth-order valence-electron chi connectivity index (χ4n) is 1.48. The first-order valence-electron chi connectivity index (χ1n) is 5.12. The Hall–Kier alpha value is -1.70. The van der Waals surface area contributed by atoms with Crippen LogP contribution in [0.2, 0.25) is 5.02 Å². The molecular weight excluding hydrogens is 314 g/mol. The average molecular weight is 323 g/mol. The Kier molecular flexibility index (Phi) is 3.75. The maximum absolute atomic E-state index is 8.77.